The SMILES string of the molecule is N#CCCn1cc(/C=C/C(=O)NCC2CCCO2)c2ccccc21. The van der Waals surface area contributed by atoms with Gasteiger partial charge in [0.1, 0.15) is 0 Å². The van der Waals surface area contributed by atoms with Gasteiger partial charge in [-0.05, 0) is 25.0 Å². The Hall–Kier alpha value is -2.58. The number of carbonyl (C=O) groups excluding carboxylic acids is 1. The van der Waals surface area contributed by atoms with Gasteiger partial charge in [0.05, 0.1) is 18.6 Å². The molecule has 5 nitrogen and oxygen atoms in total. The van der Waals surface area contributed by atoms with Crippen molar-refractivity contribution in [1.29, 1.82) is 5.26 Å². The number of nitrogens with zero attached hydrogens (tertiary/aromatic N) is 2. The molecule has 1 aliphatic rings. The molecule has 0 bridgehead atoms. The van der Waals surface area contributed by atoms with Crippen LogP contribution < -0.4 is 5.32 Å². The Kier molecular flexibility index (Phi) is 5.29. The van der Waals surface area contributed by atoms with Crippen LogP contribution in [-0.4, -0.2) is 29.7 Å². The summed E-state index contributed by atoms with van der Waals surface area (Å²) < 4.78 is 7.55. The number of aromatic nitrogens is 1. The summed E-state index contributed by atoms with van der Waals surface area (Å²) in [4.78, 5) is 12.0. The van der Waals surface area contributed by atoms with E-state index in [4.69, 9.17) is 10.00 Å². The van der Waals surface area contributed by atoms with Crippen LogP contribution in [0.1, 0.15) is 24.8 Å². The minimum atomic E-state index is -0.112. The van der Waals surface area contributed by atoms with Gasteiger partial charge < -0.3 is 14.6 Å². The van der Waals surface area contributed by atoms with E-state index in [0.717, 1.165) is 35.9 Å². The van der Waals surface area contributed by atoms with Gasteiger partial charge in [0.2, 0.25) is 5.91 Å². The molecule has 0 saturated carbocycles. The molecule has 1 aliphatic heterocycles. The van der Waals surface area contributed by atoms with Crippen molar-refractivity contribution in [2.75, 3.05) is 13.2 Å². The number of para-hydroxylation sites is 1. The molecular formula is C19H21N3O2. The zero-order valence-electron chi connectivity index (χ0n) is 13.6. The first-order valence-electron chi connectivity index (χ1n) is 8.30. The van der Waals surface area contributed by atoms with Gasteiger partial charge >= 0.3 is 0 Å². The molecule has 1 atom stereocenters. The topological polar surface area (TPSA) is 67.0 Å². The Morgan fingerprint density at radius 2 is 2.33 bits per heavy atom. The van der Waals surface area contributed by atoms with Crippen LogP contribution in [0.2, 0.25) is 0 Å². The van der Waals surface area contributed by atoms with Crippen LogP contribution in [0.15, 0.2) is 36.5 Å². The molecule has 0 spiro atoms. The normalized spacial score (nSPS) is 17.4. The molecule has 1 unspecified atom stereocenters. The number of nitrogens with one attached hydrogen (secondary N) is 1. The van der Waals surface area contributed by atoms with Gasteiger partial charge in [0.25, 0.3) is 0 Å². The molecule has 24 heavy (non-hydrogen) atoms. The van der Waals surface area contributed by atoms with E-state index in [0.29, 0.717) is 19.5 Å². The van der Waals surface area contributed by atoms with Crippen LogP contribution in [0.4, 0.5) is 0 Å². The summed E-state index contributed by atoms with van der Waals surface area (Å²) in [5.41, 5.74) is 2.06. The van der Waals surface area contributed by atoms with Gasteiger partial charge in [-0.3, -0.25) is 4.79 Å². The number of rotatable bonds is 6. The summed E-state index contributed by atoms with van der Waals surface area (Å²) in [5, 5.41) is 12.8. The first kappa shape index (κ1) is 16.3. The lowest BCUT2D eigenvalue weighted by Crippen LogP contribution is -2.30. The van der Waals surface area contributed by atoms with Gasteiger partial charge in [-0.25, -0.2) is 0 Å². The van der Waals surface area contributed by atoms with Crippen molar-refractivity contribution in [2.24, 2.45) is 0 Å². The third kappa shape index (κ3) is 3.84. The molecule has 3 rings (SSSR count). The molecular weight excluding hydrogens is 302 g/mol. The minimum Gasteiger partial charge on any atom is -0.376 e. The number of hydrogen-bond donors (Lipinski definition) is 1. The summed E-state index contributed by atoms with van der Waals surface area (Å²) in [5.74, 6) is -0.112. The average Bonchev–Trinajstić information content (AvgIpc) is 3.24. The quantitative estimate of drug-likeness (QED) is 0.831. The highest BCUT2D eigenvalue weighted by Gasteiger charge is 2.15. The highest BCUT2D eigenvalue weighted by atomic mass is 16.5. The second kappa shape index (κ2) is 7.80. The summed E-state index contributed by atoms with van der Waals surface area (Å²) in [6.07, 6.45) is 8.07. The number of hydrogen-bond acceptors (Lipinski definition) is 3. The van der Waals surface area contributed by atoms with Crippen LogP contribution in [0.25, 0.3) is 17.0 Å². The largest absolute Gasteiger partial charge is 0.376 e. The number of carbonyl (C=O) groups is 1. The maximum Gasteiger partial charge on any atom is 0.244 e. The van der Waals surface area contributed by atoms with Crippen molar-refractivity contribution in [3.05, 3.63) is 42.1 Å². The smallest absolute Gasteiger partial charge is 0.244 e. The van der Waals surface area contributed by atoms with E-state index in [1.54, 1.807) is 6.08 Å². The second-order valence-electron chi connectivity index (χ2n) is 5.92. The molecule has 1 aromatic carbocycles. The number of aryl methyl sites for hydroxylation is 1. The van der Waals surface area contributed by atoms with E-state index in [-0.39, 0.29) is 12.0 Å². The number of amides is 1. The molecule has 1 saturated heterocycles. The van der Waals surface area contributed by atoms with Crippen LogP contribution in [0, 0.1) is 11.3 Å². The van der Waals surface area contributed by atoms with E-state index in [1.807, 2.05) is 36.5 Å². The molecule has 124 valence electrons. The molecule has 5 heteroatoms. The van der Waals surface area contributed by atoms with Crippen molar-refractivity contribution in [3.8, 4) is 6.07 Å². The predicted octanol–water partition coefficient (Wildman–Crippen LogP) is 2.86. The van der Waals surface area contributed by atoms with E-state index in [2.05, 4.69) is 16.0 Å². The number of benzene rings is 1. The monoisotopic (exact) mass is 323 g/mol. The van der Waals surface area contributed by atoms with Gasteiger partial charge in [-0.1, -0.05) is 18.2 Å². The summed E-state index contributed by atoms with van der Waals surface area (Å²) in [6, 6.07) is 10.2. The van der Waals surface area contributed by atoms with E-state index >= 15 is 0 Å². The molecule has 0 aliphatic carbocycles. The fourth-order valence-corrected chi connectivity index (χ4v) is 3.01. The lowest BCUT2D eigenvalue weighted by molar-refractivity contribution is -0.116. The fourth-order valence-electron chi connectivity index (χ4n) is 3.01. The van der Waals surface area contributed by atoms with Crippen molar-refractivity contribution >= 4 is 22.9 Å². The zero-order valence-corrected chi connectivity index (χ0v) is 13.6. The zero-order chi connectivity index (χ0) is 16.8. The molecule has 1 amide bonds. The van der Waals surface area contributed by atoms with Crippen LogP contribution >= 0.6 is 0 Å². The Bertz CT molecular complexity index is 779. The number of ether oxygens (including phenoxy) is 1. The Morgan fingerprint density at radius 3 is 3.12 bits per heavy atom. The van der Waals surface area contributed by atoms with Crippen LogP contribution in [-0.2, 0) is 16.1 Å². The van der Waals surface area contributed by atoms with Gasteiger partial charge in [0, 0.05) is 48.4 Å². The molecule has 2 heterocycles. The van der Waals surface area contributed by atoms with E-state index in [1.165, 1.54) is 0 Å². The lowest BCUT2D eigenvalue weighted by Gasteiger charge is -2.08. The second-order valence-corrected chi connectivity index (χ2v) is 5.92. The van der Waals surface area contributed by atoms with Crippen molar-refractivity contribution in [3.63, 3.8) is 0 Å². The third-order valence-corrected chi connectivity index (χ3v) is 4.23. The number of nitriles is 1. The maximum absolute atomic E-state index is 12.0. The number of fused-ring (bicyclic) bond motifs is 1. The molecule has 1 fully saturated rings. The molecule has 0 radical (unpaired) electrons. The minimum absolute atomic E-state index is 0.112. The fraction of sp³-hybridized carbons (Fsp3) is 0.368. The highest BCUT2D eigenvalue weighted by Crippen LogP contribution is 2.22. The maximum atomic E-state index is 12.0. The van der Waals surface area contributed by atoms with Crippen LogP contribution in [0.3, 0.4) is 0 Å². The van der Waals surface area contributed by atoms with Crippen molar-refractivity contribution in [1.82, 2.24) is 9.88 Å². The lowest BCUT2D eigenvalue weighted by atomic mass is 10.1. The molecule has 1 aromatic heterocycles. The summed E-state index contributed by atoms with van der Waals surface area (Å²) in [6.45, 7) is 2.00. The summed E-state index contributed by atoms with van der Waals surface area (Å²) in [7, 11) is 0. The van der Waals surface area contributed by atoms with Gasteiger partial charge in [-0.15, -0.1) is 0 Å². The molecule has 2 aromatic rings. The Labute approximate surface area is 141 Å². The predicted molar refractivity (Wildman–Crippen MR) is 93.2 cm³/mol. The van der Waals surface area contributed by atoms with Crippen molar-refractivity contribution < 1.29 is 9.53 Å². The first-order chi connectivity index (χ1) is 11.8. The van der Waals surface area contributed by atoms with E-state index < -0.39 is 0 Å². The highest BCUT2D eigenvalue weighted by molar-refractivity contribution is 5.96. The van der Waals surface area contributed by atoms with Crippen LogP contribution in [0.5, 0.6) is 0 Å². The average molecular weight is 323 g/mol. The first-order valence-corrected chi connectivity index (χ1v) is 8.30. The Morgan fingerprint density at radius 1 is 1.46 bits per heavy atom. The third-order valence-electron chi connectivity index (χ3n) is 4.23. The van der Waals surface area contributed by atoms with E-state index in [9.17, 15) is 4.79 Å². The van der Waals surface area contributed by atoms with Gasteiger partial charge in [0.15, 0.2) is 0 Å². The summed E-state index contributed by atoms with van der Waals surface area (Å²) >= 11 is 0. The van der Waals surface area contributed by atoms with Crippen molar-refractivity contribution in [2.45, 2.75) is 31.9 Å². The molecule has 1 N–H and O–H groups in total. The standard InChI is InChI=1S/C19H21N3O2/c20-10-4-11-22-14-15(17-6-1-2-7-18(17)22)8-9-19(23)21-13-16-5-3-12-24-16/h1-2,6-9,14,16H,3-5,11-13H2,(H,21,23)/b9-8+. The Balaban J connectivity index is 1.69. The van der Waals surface area contributed by atoms with Gasteiger partial charge in [-0.2, -0.15) is 5.26 Å².